The molecule has 0 amide bonds. The van der Waals surface area contributed by atoms with E-state index < -0.39 is 0 Å². The summed E-state index contributed by atoms with van der Waals surface area (Å²) >= 11 is 0. The Hall–Kier alpha value is -3.32. The molecule has 0 heterocycles. The van der Waals surface area contributed by atoms with E-state index in [1.165, 1.54) is 50.3 Å². The molecule has 0 bridgehead atoms. The molecule has 4 aromatic carbocycles. The predicted molar refractivity (Wildman–Crippen MR) is 156 cm³/mol. The number of rotatable bonds is 3. The number of fused-ring (bicyclic) bond motifs is 3. The van der Waals surface area contributed by atoms with Crippen molar-refractivity contribution in [3.8, 4) is 22.3 Å². The first-order chi connectivity index (χ1) is 16.9. The van der Waals surface area contributed by atoms with Crippen LogP contribution < -0.4 is 4.90 Å². The van der Waals surface area contributed by atoms with Gasteiger partial charge in [-0.05, 0) is 71.7 Å². The van der Waals surface area contributed by atoms with Gasteiger partial charge in [0.25, 0.3) is 0 Å². The van der Waals surface area contributed by atoms with E-state index in [0.717, 1.165) is 0 Å². The zero-order valence-corrected chi connectivity index (χ0v) is 23.1. The Morgan fingerprint density at radius 3 is 1.78 bits per heavy atom. The molecule has 184 valence electrons. The Morgan fingerprint density at radius 1 is 0.556 bits per heavy atom. The molecule has 0 atom stereocenters. The second-order valence-electron chi connectivity index (χ2n) is 12.7. The van der Waals surface area contributed by atoms with Gasteiger partial charge >= 0.3 is 0 Å². The van der Waals surface area contributed by atoms with Crippen LogP contribution in [0.25, 0.3) is 22.3 Å². The normalized spacial score (nSPS) is 14.3. The lowest BCUT2D eigenvalue weighted by molar-refractivity contribution is 0.542. The minimum Gasteiger partial charge on any atom is -0.335 e. The summed E-state index contributed by atoms with van der Waals surface area (Å²) in [6, 6.07) is 33.6. The second-order valence-corrected chi connectivity index (χ2v) is 12.7. The lowest BCUT2D eigenvalue weighted by atomic mass is 9.77. The van der Waals surface area contributed by atoms with Gasteiger partial charge in [-0.2, -0.15) is 0 Å². The summed E-state index contributed by atoms with van der Waals surface area (Å²) in [5.74, 6) is 0. The molecule has 1 nitrogen and oxygen atoms in total. The maximum Gasteiger partial charge on any atom is 0.0495 e. The molecule has 1 heteroatoms. The van der Waals surface area contributed by atoms with Gasteiger partial charge in [0.05, 0.1) is 0 Å². The number of benzene rings is 4. The standard InChI is InChI=1S/C35H39N/c1-33(2,3)30-23-29-27(26-19-12-14-20-28(26)35(29,7)8)22-32(30)36(34(4,5)6)31-21-15-13-18-25(31)24-16-10-9-11-17-24/h9-23H,1-8H3. The molecule has 0 aliphatic heterocycles. The Morgan fingerprint density at radius 2 is 1.14 bits per heavy atom. The molecule has 0 N–H and O–H groups in total. The van der Waals surface area contributed by atoms with Gasteiger partial charge in [-0.25, -0.2) is 0 Å². The molecule has 4 aromatic rings. The van der Waals surface area contributed by atoms with Crippen LogP contribution in [0.1, 0.15) is 72.1 Å². The van der Waals surface area contributed by atoms with Crippen molar-refractivity contribution in [1.82, 2.24) is 0 Å². The molecular formula is C35H39N. The average Bonchev–Trinajstić information content (AvgIpc) is 3.05. The van der Waals surface area contributed by atoms with Gasteiger partial charge in [0.2, 0.25) is 0 Å². The molecule has 36 heavy (non-hydrogen) atoms. The number of hydrogen-bond donors (Lipinski definition) is 0. The van der Waals surface area contributed by atoms with E-state index in [4.69, 9.17) is 0 Å². The van der Waals surface area contributed by atoms with E-state index in [1.807, 2.05) is 0 Å². The number of anilines is 2. The van der Waals surface area contributed by atoms with Crippen LogP contribution in [0, 0.1) is 0 Å². The van der Waals surface area contributed by atoms with Crippen LogP contribution in [-0.2, 0) is 10.8 Å². The monoisotopic (exact) mass is 473 g/mol. The van der Waals surface area contributed by atoms with Crippen LogP contribution in [0.4, 0.5) is 11.4 Å². The van der Waals surface area contributed by atoms with Gasteiger partial charge in [0, 0.05) is 27.9 Å². The van der Waals surface area contributed by atoms with E-state index in [9.17, 15) is 0 Å². The molecule has 0 radical (unpaired) electrons. The van der Waals surface area contributed by atoms with Crippen molar-refractivity contribution < 1.29 is 0 Å². The maximum atomic E-state index is 2.57. The van der Waals surface area contributed by atoms with E-state index >= 15 is 0 Å². The highest BCUT2D eigenvalue weighted by Gasteiger charge is 2.39. The Balaban J connectivity index is 1.84. The highest BCUT2D eigenvalue weighted by molar-refractivity contribution is 5.89. The minimum atomic E-state index is -0.132. The Kier molecular flexibility index (Phi) is 5.67. The summed E-state index contributed by atoms with van der Waals surface area (Å²) in [7, 11) is 0. The summed E-state index contributed by atoms with van der Waals surface area (Å²) in [6.45, 7) is 18.8. The van der Waals surface area contributed by atoms with Crippen LogP contribution in [0.2, 0.25) is 0 Å². The van der Waals surface area contributed by atoms with Crippen molar-refractivity contribution in [1.29, 1.82) is 0 Å². The van der Waals surface area contributed by atoms with Crippen molar-refractivity contribution in [3.63, 3.8) is 0 Å². The molecule has 0 aromatic heterocycles. The number of hydrogen-bond acceptors (Lipinski definition) is 1. The maximum absolute atomic E-state index is 2.57. The van der Waals surface area contributed by atoms with Crippen molar-refractivity contribution in [3.05, 3.63) is 108 Å². The van der Waals surface area contributed by atoms with Gasteiger partial charge in [-0.3, -0.25) is 0 Å². The van der Waals surface area contributed by atoms with Crippen LogP contribution in [0.15, 0.2) is 91.0 Å². The lowest BCUT2D eigenvalue weighted by Crippen LogP contribution is -2.39. The lowest BCUT2D eigenvalue weighted by Gasteiger charge is -2.42. The van der Waals surface area contributed by atoms with Gasteiger partial charge < -0.3 is 4.90 Å². The molecule has 0 unspecified atom stereocenters. The van der Waals surface area contributed by atoms with Gasteiger partial charge in [0.1, 0.15) is 0 Å². The third-order valence-corrected chi connectivity index (χ3v) is 7.65. The van der Waals surface area contributed by atoms with E-state index in [1.54, 1.807) is 0 Å². The predicted octanol–water partition coefficient (Wildman–Crippen LogP) is 9.89. The van der Waals surface area contributed by atoms with Crippen molar-refractivity contribution >= 4 is 11.4 Å². The fourth-order valence-electron chi connectivity index (χ4n) is 5.90. The fourth-order valence-corrected chi connectivity index (χ4v) is 5.90. The molecule has 0 fully saturated rings. The number of nitrogens with zero attached hydrogens (tertiary/aromatic N) is 1. The topological polar surface area (TPSA) is 3.24 Å². The first-order valence-corrected chi connectivity index (χ1v) is 13.1. The summed E-state index contributed by atoms with van der Waals surface area (Å²) in [5, 5.41) is 0. The first kappa shape index (κ1) is 24.4. The van der Waals surface area contributed by atoms with Crippen molar-refractivity contribution in [2.24, 2.45) is 0 Å². The molecular weight excluding hydrogens is 434 g/mol. The molecule has 0 saturated carbocycles. The van der Waals surface area contributed by atoms with E-state index in [0.29, 0.717) is 0 Å². The molecule has 1 aliphatic rings. The summed E-state index contributed by atoms with van der Waals surface area (Å²) in [4.78, 5) is 2.57. The summed E-state index contributed by atoms with van der Waals surface area (Å²) < 4.78 is 0. The Bertz CT molecular complexity index is 1410. The highest BCUT2D eigenvalue weighted by Crippen LogP contribution is 2.53. The molecule has 0 spiro atoms. The second kappa shape index (κ2) is 8.37. The largest absolute Gasteiger partial charge is 0.335 e. The smallest absolute Gasteiger partial charge is 0.0495 e. The van der Waals surface area contributed by atoms with Crippen LogP contribution in [0.5, 0.6) is 0 Å². The van der Waals surface area contributed by atoms with Gasteiger partial charge in [-0.1, -0.05) is 113 Å². The fraction of sp³-hybridized carbons (Fsp3) is 0.314. The van der Waals surface area contributed by atoms with E-state index in [2.05, 4.69) is 151 Å². The molecule has 0 saturated heterocycles. The quantitative estimate of drug-likeness (QED) is 0.286. The molecule has 1 aliphatic carbocycles. The number of para-hydroxylation sites is 1. The summed E-state index contributed by atoms with van der Waals surface area (Å²) in [5.41, 5.74) is 11.9. The molecule has 5 rings (SSSR count). The van der Waals surface area contributed by atoms with E-state index in [-0.39, 0.29) is 16.4 Å². The zero-order chi connectivity index (χ0) is 25.9. The van der Waals surface area contributed by atoms with Crippen LogP contribution >= 0.6 is 0 Å². The van der Waals surface area contributed by atoms with Crippen molar-refractivity contribution in [2.75, 3.05) is 4.90 Å². The zero-order valence-electron chi connectivity index (χ0n) is 23.1. The minimum absolute atomic E-state index is 0.0135. The summed E-state index contributed by atoms with van der Waals surface area (Å²) in [6.07, 6.45) is 0. The highest BCUT2D eigenvalue weighted by atomic mass is 15.2. The van der Waals surface area contributed by atoms with Crippen LogP contribution in [-0.4, -0.2) is 5.54 Å². The van der Waals surface area contributed by atoms with Crippen molar-refractivity contribution in [2.45, 2.75) is 71.8 Å². The van der Waals surface area contributed by atoms with Crippen LogP contribution in [0.3, 0.4) is 0 Å². The Labute approximate surface area is 217 Å². The van der Waals surface area contributed by atoms with Gasteiger partial charge in [0.15, 0.2) is 0 Å². The SMILES string of the molecule is CC(C)(C)c1cc2c(cc1N(c1ccccc1-c1ccccc1)C(C)(C)C)-c1ccccc1C2(C)C. The average molecular weight is 474 g/mol. The third kappa shape index (κ3) is 3.95. The first-order valence-electron chi connectivity index (χ1n) is 13.1. The van der Waals surface area contributed by atoms with Gasteiger partial charge in [-0.15, -0.1) is 0 Å². The third-order valence-electron chi connectivity index (χ3n) is 7.65.